The average molecular weight is 484 g/mol. The van der Waals surface area contributed by atoms with Crippen LogP contribution < -0.4 is 9.46 Å². The molecule has 0 radical (unpaired) electrons. The summed E-state index contributed by atoms with van der Waals surface area (Å²) < 4.78 is 61.8. The van der Waals surface area contributed by atoms with Gasteiger partial charge in [-0.15, -0.1) is 0 Å². The highest BCUT2D eigenvalue weighted by Gasteiger charge is 2.22. The first-order valence-electron chi connectivity index (χ1n) is 10.1. The van der Waals surface area contributed by atoms with Gasteiger partial charge in [-0.2, -0.15) is 5.10 Å². The van der Waals surface area contributed by atoms with Crippen LogP contribution >= 0.6 is 0 Å². The first-order chi connectivity index (χ1) is 16.2. The Kier molecular flexibility index (Phi) is 6.17. The Labute approximate surface area is 194 Å². The third-order valence-corrected chi connectivity index (χ3v) is 6.02. The van der Waals surface area contributed by atoms with Crippen LogP contribution in [0.5, 0.6) is 5.88 Å². The van der Waals surface area contributed by atoms with Crippen molar-refractivity contribution in [1.82, 2.24) is 19.6 Å². The van der Waals surface area contributed by atoms with Crippen molar-refractivity contribution in [2.24, 2.45) is 5.92 Å². The SMILES string of the molecule is COc1ncc(-c2ccc3ncc(C#CC(C)C)n3n2)cc1NS(=O)(=O)c1ccc(F)cc1F. The number of halogens is 2. The molecular formula is C23H19F2N5O3S. The van der Waals surface area contributed by atoms with E-state index < -0.39 is 26.6 Å². The molecule has 1 N–H and O–H groups in total. The molecule has 0 atom stereocenters. The molecule has 0 aliphatic heterocycles. The van der Waals surface area contributed by atoms with Gasteiger partial charge >= 0.3 is 0 Å². The highest BCUT2D eigenvalue weighted by Crippen LogP contribution is 2.30. The molecule has 0 aliphatic carbocycles. The molecule has 0 amide bonds. The van der Waals surface area contributed by atoms with Crippen LogP contribution in [-0.4, -0.2) is 35.1 Å². The number of hydrogen-bond acceptors (Lipinski definition) is 6. The largest absolute Gasteiger partial charge is 0.480 e. The zero-order valence-corrected chi connectivity index (χ0v) is 19.2. The van der Waals surface area contributed by atoms with Gasteiger partial charge in [0.2, 0.25) is 5.88 Å². The number of imidazole rings is 1. The third kappa shape index (κ3) is 4.67. The van der Waals surface area contributed by atoms with Gasteiger partial charge in [-0.1, -0.05) is 19.8 Å². The number of rotatable bonds is 5. The van der Waals surface area contributed by atoms with Gasteiger partial charge in [0, 0.05) is 23.7 Å². The summed E-state index contributed by atoms with van der Waals surface area (Å²) in [6, 6.07) is 7.08. The second kappa shape index (κ2) is 9.07. The van der Waals surface area contributed by atoms with Crippen molar-refractivity contribution < 1.29 is 21.9 Å². The van der Waals surface area contributed by atoms with Crippen LogP contribution in [0.2, 0.25) is 0 Å². The van der Waals surface area contributed by atoms with E-state index in [-0.39, 0.29) is 17.5 Å². The second-order valence-electron chi connectivity index (χ2n) is 7.52. The number of hydrogen-bond donors (Lipinski definition) is 1. The highest BCUT2D eigenvalue weighted by atomic mass is 32.2. The number of methoxy groups -OCH3 is 1. The maximum Gasteiger partial charge on any atom is 0.264 e. The van der Waals surface area contributed by atoms with E-state index in [1.54, 1.807) is 22.8 Å². The lowest BCUT2D eigenvalue weighted by atomic mass is 10.2. The molecule has 0 aliphatic rings. The van der Waals surface area contributed by atoms with Crippen LogP contribution in [0.15, 0.2) is 53.7 Å². The summed E-state index contributed by atoms with van der Waals surface area (Å²) in [6.45, 7) is 3.94. The zero-order chi connectivity index (χ0) is 24.5. The molecule has 174 valence electrons. The molecule has 0 saturated heterocycles. The van der Waals surface area contributed by atoms with Gasteiger partial charge in [0.05, 0.1) is 19.0 Å². The van der Waals surface area contributed by atoms with Gasteiger partial charge in [-0.25, -0.2) is 31.7 Å². The number of sulfonamides is 1. The fraction of sp³-hybridized carbons (Fsp3) is 0.174. The highest BCUT2D eigenvalue weighted by molar-refractivity contribution is 7.92. The van der Waals surface area contributed by atoms with Crippen LogP contribution in [0.25, 0.3) is 16.9 Å². The lowest BCUT2D eigenvalue weighted by molar-refractivity contribution is 0.400. The van der Waals surface area contributed by atoms with Crippen LogP contribution in [0.3, 0.4) is 0 Å². The molecule has 0 spiro atoms. The number of benzene rings is 1. The summed E-state index contributed by atoms with van der Waals surface area (Å²) in [6.07, 6.45) is 3.07. The molecule has 3 heterocycles. The van der Waals surface area contributed by atoms with E-state index in [1.807, 2.05) is 13.8 Å². The molecule has 8 nitrogen and oxygen atoms in total. The van der Waals surface area contributed by atoms with E-state index in [2.05, 4.69) is 31.6 Å². The van der Waals surface area contributed by atoms with E-state index >= 15 is 0 Å². The summed E-state index contributed by atoms with van der Waals surface area (Å²) in [5, 5.41) is 4.55. The van der Waals surface area contributed by atoms with Crippen LogP contribution in [0.4, 0.5) is 14.5 Å². The Bertz CT molecular complexity index is 1560. The predicted octanol–water partition coefficient (Wildman–Crippen LogP) is 3.89. The number of ether oxygens (including phenoxy) is 1. The lowest BCUT2D eigenvalue weighted by Gasteiger charge is -2.13. The Morgan fingerprint density at radius 1 is 1.09 bits per heavy atom. The first-order valence-corrected chi connectivity index (χ1v) is 11.5. The minimum absolute atomic E-state index is 0.0398. The Morgan fingerprint density at radius 3 is 2.59 bits per heavy atom. The van der Waals surface area contributed by atoms with Crippen molar-refractivity contribution in [3.8, 4) is 29.0 Å². The Balaban J connectivity index is 1.75. The van der Waals surface area contributed by atoms with Gasteiger partial charge in [0.25, 0.3) is 10.0 Å². The molecule has 4 aromatic rings. The Morgan fingerprint density at radius 2 is 1.88 bits per heavy atom. The van der Waals surface area contributed by atoms with Crippen molar-refractivity contribution in [3.63, 3.8) is 0 Å². The molecular weight excluding hydrogens is 464 g/mol. The number of anilines is 1. The maximum absolute atomic E-state index is 14.1. The molecule has 4 rings (SSSR count). The van der Waals surface area contributed by atoms with Crippen molar-refractivity contribution in [2.45, 2.75) is 18.7 Å². The quantitative estimate of drug-likeness (QED) is 0.433. The van der Waals surface area contributed by atoms with Crippen LogP contribution in [0.1, 0.15) is 19.5 Å². The van der Waals surface area contributed by atoms with Crippen molar-refractivity contribution in [2.75, 3.05) is 11.8 Å². The first kappa shape index (κ1) is 23.1. The van der Waals surface area contributed by atoms with Gasteiger partial charge in [0.1, 0.15) is 27.9 Å². The van der Waals surface area contributed by atoms with E-state index in [9.17, 15) is 17.2 Å². The van der Waals surface area contributed by atoms with Gasteiger partial charge in [-0.3, -0.25) is 4.72 Å². The standard InChI is InChI=1S/C23H19F2N5O3S/c1-14(2)4-6-17-13-26-22-9-7-19(28-30(17)22)15-10-20(23(33-3)27-12-15)29-34(31,32)21-8-5-16(24)11-18(21)25/h5,7-14,29H,1-3H3. The monoisotopic (exact) mass is 483 g/mol. The summed E-state index contributed by atoms with van der Waals surface area (Å²) in [4.78, 5) is 7.71. The van der Waals surface area contributed by atoms with Crippen LogP contribution in [0, 0.1) is 29.4 Å². The molecule has 34 heavy (non-hydrogen) atoms. The molecule has 11 heteroatoms. The van der Waals surface area contributed by atoms with Crippen LogP contribution in [-0.2, 0) is 10.0 Å². The molecule has 0 saturated carbocycles. The molecule has 0 fully saturated rings. The van der Waals surface area contributed by atoms with Gasteiger partial charge < -0.3 is 4.74 Å². The smallest absolute Gasteiger partial charge is 0.264 e. The van der Waals surface area contributed by atoms with E-state index in [0.29, 0.717) is 28.7 Å². The average Bonchev–Trinajstić information content (AvgIpc) is 3.19. The molecule has 0 bridgehead atoms. The minimum Gasteiger partial charge on any atom is -0.480 e. The maximum atomic E-state index is 14.1. The third-order valence-electron chi connectivity index (χ3n) is 4.62. The topological polar surface area (TPSA) is 98.5 Å². The molecule has 0 unspecified atom stereocenters. The summed E-state index contributed by atoms with van der Waals surface area (Å²) in [5.74, 6) is 4.11. The van der Waals surface area contributed by atoms with Crippen molar-refractivity contribution >= 4 is 21.4 Å². The van der Waals surface area contributed by atoms with Crippen molar-refractivity contribution in [3.05, 3.63) is 66.1 Å². The summed E-state index contributed by atoms with van der Waals surface area (Å²) >= 11 is 0. The zero-order valence-electron chi connectivity index (χ0n) is 18.4. The minimum atomic E-state index is -4.41. The molecule has 3 aromatic heterocycles. The second-order valence-corrected chi connectivity index (χ2v) is 9.17. The summed E-state index contributed by atoms with van der Waals surface area (Å²) in [5.41, 5.74) is 2.06. The lowest BCUT2D eigenvalue weighted by Crippen LogP contribution is -2.16. The van der Waals surface area contributed by atoms with E-state index in [1.165, 1.54) is 19.4 Å². The predicted molar refractivity (Wildman–Crippen MR) is 122 cm³/mol. The van der Waals surface area contributed by atoms with E-state index in [0.717, 1.165) is 12.1 Å². The fourth-order valence-electron chi connectivity index (χ4n) is 3.05. The van der Waals surface area contributed by atoms with E-state index in [4.69, 9.17) is 4.74 Å². The molecule has 1 aromatic carbocycles. The fourth-order valence-corrected chi connectivity index (χ4v) is 4.16. The number of fused-ring (bicyclic) bond motifs is 1. The number of nitrogens with zero attached hydrogens (tertiary/aromatic N) is 4. The Hall–Kier alpha value is -4.04. The normalized spacial score (nSPS) is 11.4. The van der Waals surface area contributed by atoms with Gasteiger partial charge in [0.15, 0.2) is 5.65 Å². The number of pyridine rings is 1. The van der Waals surface area contributed by atoms with Crippen molar-refractivity contribution in [1.29, 1.82) is 0 Å². The number of nitrogens with one attached hydrogen (secondary N) is 1. The van der Waals surface area contributed by atoms with Gasteiger partial charge in [-0.05, 0) is 36.3 Å². The summed E-state index contributed by atoms with van der Waals surface area (Å²) in [7, 11) is -3.09. The number of aromatic nitrogens is 4.